The number of aromatic amines is 1. The van der Waals surface area contributed by atoms with Gasteiger partial charge in [0.15, 0.2) is 0 Å². The topological polar surface area (TPSA) is 15.8 Å². The van der Waals surface area contributed by atoms with Crippen LogP contribution in [0.3, 0.4) is 0 Å². The van der Waals surface area contributed by atoms with E-state index in [9.17, 15) is 0 Å². The predicted octanol–water partition coefficient (Wildman–Crippen LogP) is 4.23. The van der Waals surface area contributed by atoms with Crippen LogP contribution in [0.15, 0.2) is 24.3 Å². The van der Waals surface area contributed by atoms with Gasteiger partial charge in [0, 0.05) is 0 Å². The first-order valence-electron chi connectivity index (χ1n) is 7.83. The molecule has 2 aromatic rings. The molecule has 1 fully saturated rings. The van der Waals surface area contributed by atoms with Gasteiger partial charge in [-0.2, -0.15) is 0 Å². The number of benzene rings is 1. The van der Waals surface area contributed by atoms with Gasteiger partial charge in [-0.1, -0.05) is 0 Å². The minimum absolute atomic E-state index is 0.753. The maximum atomic E-state index is 3.72. The van der Waals surface area contributed by atoms with Gasteiger partial charge in [-0.3, -0.25) is 0 Å². The van der Waals surface area contributed by atoms with Crippen molar-refractivity contribution in [1.82, 2.24) is 4.98 Å². The van der Waals surface area contributed by atoms with Crippen LogP contribution in [0.2, 0.25) is 6.32 Å². The van der Waals surface area contributed by atoms with Crippen LogP contribution in [0.25, 0.3) is 16.4 Å². The fourth-order valence-electron chi connectivity index (χ4n) is 3.96. The zero-order chi connectivity index (χ0) is 13.5. The van der Waals surface area contributed by atoms with Crippen LogP contribution in [0.4, 0.5) is 0 Å². The van der Waals surface area contributed by atoms with Crippen LogP contribution in [0.1, 0.15) is 48.4 Å². The summed E-state index contributed by atoms with van der Waals surface area (Å²) in [4.78, 5) is 3.72. The SMILES string of the molecule is Cc1c(C2CCCC2)[nH]c2cccc(C3=CCB=B3)c12. The molecule has 2 aliphatic rings. The van der Waals surface area contributed by atoms with Gasteiger partial charge in [-0.25, -0.2) is 0 Å². The van der Waals surface area contributed by atoms with Crippen LogP contribution in [0.5, 0.6) is 0 Å². The Morgan fingerprint density at radius 2 is 2.05 bits per heavy atom. The molecule has 1 aliphatic heterocycles. The van der Waals surface area contributed by atoms with Crippen molar-refractivity contribution in [2.24, 2.45) is 0 Å². The molecule has 98 valence electrons. The molecule has 0 atom stereocenters. The summed E-state index contributed by atoms with van der Waals surface area (Å²) in [6, 6.07) is 6.67. The normalized spacial score (nSPS) is 18.4. The maximum absolute atomic E-state index is 3.72. The fourth-order valence-corrected chi connectivity index (χ4v) is 3.96. The van der Waals surface area contributed by atoms with Gasteiger partial charge < -0.3 is 0 Å². The summed E-state index contributed by atoms with van der Waals surface area (Å²) in [5, 5.41) is 1.44. The van der Waals surface area contributed by atoms with E-state index in [0.29, 0.717) is 0 Å². The van der Waals surface area contributed by atoms with Gasteiger partial charge in [-0.05, 0) is 0 Å². The second kappa shape index (κ2) is 4.87. The van der Waals surface area contributed by atoms with Gasteiger partial charge in [0.25, 0.3) is 0 Å². The number of allylic oxidation sites excluding steroid dienone is 1. The van der Waals surface area contributed by atoms with E-state index in [1.165, 1.54) is 58.9 Å². The molecule has 0 amide bonds. The molecule has 1 nitrogen and oxygen atoms in total. The Labute approximate surface area is 121 Å². The van der Waals surface area contributed by atoms with Crippen molar-refractivity contribution < 1.29 is 0 Å². The molecule has 4 rings (SSSR count). The molecule has 0 saturated heterocycles. The van der Waals surface area contributed by atoms with Crippen LogP contribution < -0.4 is 0 Å². The second-order valence-electron chi connectivity index (χ2n) is 6.17. The quantitative estimate of drug-likeness (QED) is 0.776. The van der Waals surface area contributed by atoms with Gasteiger partial charge in [0.2, 0.25) is 0 Å². The Morgan fingerprint density at radius 1 is 1.20 bits per heavy atom. The van der Waals surface area contributed by atoms with Gasteiger partial charge in [-0.15, -0.1) is 0 Å². The first-order valence-corrected chi connectivity index (χ1v) is 7.83. The number of aryl methyl sites for hydroxylation is 1. The summed E-state index contributed by atoms with van der Waals surface area (Å²) in [5.41, 5.74) is 7.06. The van der Waals surface area contributed by atoms with Crippen molar-refractivity contribution in [1.29, 1.82) is 0 Å². The van der Waals surface area contributed by atoms with Crippen molar-refractivity contribution in [2.45, 2.75) is 44.8 Å². The molecule has 0 spiro atoms. The van der Waals surface area contributed by atoms with Crippen molar-refractivity contribution in [3.05, 3.63) is 41.1 Å². The Hall–Kier alpha value is -1.37. The number of fused-ring (bicyclic) bond motifs is 1. The van der Waals surface area contributed by atoms with Crippen LogP contribution in [-0.2, 0) is 0 Å². The molecular weight excluding hydrogens is 240 g/mol. The molecule has 1 saturated carbocycles. The van der Waals surface area contributed by atoms with E-state index in [0.717, 1.165) is 12.2 Å². The molecule has 0 radical (unpaired) electrons. The zero-order valence-electron chi connectivity index (χ0n) is 12.1. The summed E-state index contributed by atoms with van der Waals surface area (Å²) in [5.74, 6) is 0.753. The van der Waals surface area contributed by atoms with Gasteiger partial charge in [0.05, 0.1) is 0 Å². The third kappa shape index (κ3) is 1.87. The van der Waals surface area contributed by atoms with Crippen molar-refractivity contribution >= 4 is 30.0 Å². The molecule has 0 unspecified atom stereocenters. The zero-order valence-corrected chi connectivity index (χ0v) is 12.1. The number of hydrogen-bond acceptors (Lipinski definition) is 0. The summed E-state index contributed by atoms with van der Waals surface area (Å²) >= 11 is 0. The van der Waals surface area contributed by atoms with E-state index >= 15 is 0 Å². The average molecular weight is 259 g/mol. The monoisotopic (exact) mass is 259 g/mol. The summed E-state index contributed by atoms with van der Waals surface area (Å²) < 4.78 is 0. The van der Waals surface area contributed by atoms with E-state index in [-0.39, 0.29) is 0 Å². The molecule has 20 heavy (non-hydrogen) atoms. The molecule has 0 bridgehead atoms. The molecule has 1 aromatic carbocycles. The van der Waals surface area contributed by atoms with Crippen LogP contribution in [0, 0.1) is 6.92 Å². The Bertz CT molecular complexity index is 718. The summed E-state index contributed by atoms with van der Waals surface area (Å²) in [7, 11) is 0. The van der Waals surface area contributed by atoms with E-state index in [1.807, 2.05) is 0 Å². The summed E-state index contributed by atoms with van der Waals surface area (Å²) in [6.07, 6.45) is 8.89. The Balaban J connectivity index is 1.91. The van der Waals surface area contributed by atoms with Crippen LogP contribution in [-0.4, -0.2) is 18.6 Å². The molecule has 3 heteroatoms. The third-order valence-corrected chi connectivity index (χ3v) is 4.96. The van der Waals surface area contributed by atoms with Crippen LogP contribution >= 0.6 is 0 Å². The third-order valence-electron chi connectivity index (χ3n) is 4.96. The van der Waals surface area contributed by atoms with E-state index in [4.69, 9.17) is 0 Å². The van der Waals surface area contributed by atoms with Gasteiger partial charge >= 0.3 is 121 Å². The number of H-pyrrole nitrogens is 1. The first kappa shape index (κ1) is 12.4. The molecular formula is C17H19B2N. The molecule has 2 heterocycles. The molecule has 1 N–H and O–H groups in total. The summed E-state index contributed by atoms with van der Waals surface area (Å²) in [6.45, 7) is 6.81. The number of hydrogen-bond donors (Lipinski definition) is 1. The fraction of sp³-hybridized carbons (Fsp3) is 0.412. The van der Waals surface area contributed by atoms with E-state index in [1.54, 1.807) is 0 Å². The second-order valence-corrected chi connectivity index (χ2v) is 6.17. The predicted molar refractivity (Wildman–Crippen MR) is 88.5 cm³/mol. The van der Waals surface area contributed by atoms with Crippen molar-refractivity contribution in [2.75, 3.05) is 0 Å². The van der Waals surface area contributed by atoms with Crippen molar-refractivity contribution in [3.8, 4) is 0 Å². The van der Waals surface area contributed by atoms with E-state index in [2.05, 4.69) is 49.8 Å². The average Bonchev–Trinajstić information content (AvgIpc) is 3.19. The molecule has 1 aliphatic carbocycles. The Morgan fingerprint density at radius 3 is 2.80 bits per heavy atom. The standard InChI is InChI=1S/C17H19B2N/c1-11-16-13(14-9-10-18-19-14)7-4-8-15(16)20-17(11)12-5-2-3-6-12/h4,7-9,12,20H,2-3,5-6,10H2,1H3. The Kier molecular flexibility index (Phi) is 3.02. The number of aromatic nitrogens is 1. The van der Waals surface area contributed by atoms with E-state index < -0.39 is 0 Å². The molecule has 1 aromatic heterocycles. The number of nitrogens with one attached hydrogen (secondary N) is 1. The van der Waals surface area contributed by atoms with Crippen molar-refractivity contribution in [3.63, 3.8) is 0 Å². The minimum atomic E-state index is 0.753. The van der Waals surface area contributed by atoms with Gasteiger partial charge in [0.1, 0.15) is 0 Å². The number of rotatable bonds is 2. The first-order chi connectivity index (χ1) is 9.84.